The lowest BCUT2D eigenvalue weighted by Crippen LogP contribution is -2.44. The highest BCUT2D eigenvalue weighted by atomic mass is 28.4. The summed E-state index contributed by atoms with van der Waals surface area (Å²) in [4.78, 5) is 43.7. The van der Waals surface area contributed by atoms with E-state index in [1.165, 1.54) is 4.90 Å². The van der Waals surface area contributed by atoms with Crippen LogP contribution in [0.5, 0.6) is 0 Å². The van der Waals surface area contributed by atoms with Gasteiger partial charge in [0.2, 0.25) is 14.3 Å². The zero-order valence-electron chi connectivity index (χ0n) is 25.4. The van der Waals surface area contributed by atoms with Gasteiger partial charge < -0.3 is 34.8 Å². The summed E-state index contributed by atoms with van der Waals surface area (Å²) in [5.41, 5.74) is 6.99. The van der Waals surface area contributed by atoms with E-state index in [2.05, 4.69) is 5.32 Å². The van der Waals surface area contributed by atoms with E-state index in [0.717, 1.165) is 5.56 Å². The predicted octanol–water partition coefficient (Wildman–Crippen LogP) is 4.68. The van der Waals surface area contributed by atoms with E-state index in [-0.39, 0.29) is 43.8 Å². The van der Waals surface area contributed by atoms with E-state index in [9.17, 15) is 19.5 Å². The summed E-state index contributed by atoms with van der Waals surface area (Å²) in [6, 6.07) is 21.1. The molecule has 11 heteroatoms. The van der Waals surface area contributed by atoms with Crippen LogP contribution in [0.25, 0.3) is 0 Å². The van der Waals surface area contributed by atoms with Gasteiger partial charge in [-0.15, -0.1) is 0 Å². The van der Waals surface area contributed by atoms with Crippen LogP contribution in [-0.2, 0) is 26.5 Å². The maximum absolute atomic E-state index is 16.1. The minimum Gasteiger partial charge on any atom is -0.399 e. The number of carbonyl (C=O) groups is 3. The predicted molar refractivity (Wildman–Crippen MR) is 170 cm³/mol. The summed E-state index contributed by atoms with van der Waals surface area (Å²) in [5, 5.41) is 12.6. The molecule has 3 aromatic carbocycles. The van der Waals surface area contributed by atoms with Gasteiger partial charge in [-0.3, -0.25) is 14.4 Å². The van der Waals surface area contributed by atoms with Crippen LogP contribution in [0.3, 0.4) is 0 Å². The van der Waals surface area contributed by atoms with Crippen molar-refractivity contribution in [3.05, 3.63) is 89.5 Å². The molecule has 3 amide bonds. The van der Waals surface area contributed by atoms with Crippen LogP contribution in [0.15, 0.2) is 72.8 Å². The summed E-state index contributed by atoms with van der Waals surface area (Å²) < 4.78 is 22.8. The van der Waals surface area contributed by atoms with Crippen molar-refractivity contribution in [2.45, 2.75) is 50.2 Å². The van der Waals surface area contributed by atoms with Gasteiger partial charge in [-0.05, 0) is 61.1 Å². The number of hydrogen-bond acceptors (Lipinski definition) is 6. The van der Waals surface area contributed by atoms with Crippen molar-refractivity contribution in [2.24, 2.45) is 5.92 Å². The summed E-state index contributed by atoms with van der Waals surface area (Å²) in [7, 11) is -1.85. The van der Waals surface area contributed by atoms with Gasteiger partial charge in [-0.1, -0.05) is 37.3 Å². The summed E-state index contributed by atoms with van der Waals surface area (Å²) in [6.07, 6.45) is -0.999. The zero-order chi connectivity index (χ0) is 31.8. The molecule has 232 valence electrons. The SMILES string of the molecule is C[C@H]1[C@H]([Si](C)(C)F)[C@@H](CC(=O)N(CCO)Cc2ccccc2)O[C@]12C(=O)N(C)c1ccc(NC(=O)c3ccc(N)cc3)cc12. The number of anilines is 3. The number of fused-ring (bicyclic) bond motifs is 2. The molecule has 44 heavy (non-hydrogen) atoms. The number of nitrogens with two attached hydrogens (primary N) is 1. The van der Waals surface area contributed by atoms with Crippen LogP contribution in [0.2, 0.25) is 18.6 Å². The monoisotopic (exact) mass is 618 g/mol. The number of amides is 3. The molecule has 3 aromatic rings. The Balaban J connectivity index is 1.47. The third kappa shape index (κ3) is 5.74. The van der Waals surface area contributed by atoms with Crippen LogP contribution >= 0.6 is 0 Å². The van der Waals surface area contributed by atoms with Crippen molar-refractivity contribution in [3.63, 3.8) is 0 Å². The van der Waals surface area contributed by atoms with E-state index in [4.69, 9.17) is 10.5 Å². The third-order valence-corrected chi connectivity index (χ3v) is 11.3. The third-order valence-electron chi connectivity index (χ3n) is 8.84. The van der Waals surface area contributed by atoms with Crippen LogP contribution in [-0.4, -0.2) is 62.4 Å². The Labute approximate surface area is 258 Å². The van der Waals surface area contributed by atoms with Crippen molar-refractivity contribution in [1.82, 2.24) is 4.90 Å². The average molecular weight is 619 g/mol. The van der Waals surface area contributed by atoms with Gasteiger partial charge in [-0.25, -0.2) is 0 Å². The lowest BCUT2D eigenvalue weighted by molar-refractivity contribution is -0.149. The van der Waals surface area contributed by atoms with Gasteiger partial charge in [0.1, 0.15) is 0 Å². The molecule has 2 aliphatic heterocycles. The summed E-state index contributed by atoms with van der Waals surface area (Å²) in [5.74, 6) is -1.56. The second-order valence-electron chi connectivity index (χ2n) is 12.2. The number of halogens is 1. The Morgan fingerprint density at radius 3 is 2.43 bits per heavy atom. The molecule has 4 N–H and O–H groups in total. The van der Waals surface area contributed by atoms with E-state index >= 15 is 4.11 Å². The Kier molecular flexibility index (Phi) is 8.65. The number of rotatable bonds is 9. The molecule has 0 saturated carbocycles. The topological polar surface area (TPSA) is 125 Å². The maximum atomic E-state index is 16.1. The maximum Gasteiger partial charge on any atom is 0.264 e. The molecule has 4 atom stereocenters. The number of ether oxygens (including phenoxy) is 1. The Hall–Kier alpha value is -4.06. The fraction of sp³-hybridized carbons (Fsp3) is 0.364. The molecule has 0 radical (unpaired) electrons. The van der Waals surface area contributed by atoms with Gasteiger partial charge in [-0.2, -0.15) is 0 Å². The highest BCUT2D eigenvalue weighted by molar-refractivity contribution is 6.72. The number of nitrogens with one attached hydrogen (secondary N) is 1. The number of nitrogens with zero attached hydrogens (tertiary/aromatic N) is 2. The lowest BCUT2D eigenvalue weighted by atomic mass is 9.82. The van der Waals surface area contributed by atoms with E-state index < -0.39 is 31.6 Å². The van der Waals surface area contributed by atoms with Crippen molar-refractivity contribution < 1.29 is 28.3 Å². The molecule has 0 aliphatic carbocycles. The van der Waals surface area contributed by atoms with E-state index in [0.29, 0.717) is 28.2 Å². The number of likely N-dealkylation sites (N-methyl/N-ethyl adjacent to an activating group) is 1. The number of carbonyl (C=O) groups excluding carboxylic acids is 3. The van der Waals surface area contributed by atoms with Crippen LogP contribution in [0.4, 0.5) is 21.2 Å². The molecule has 9 nitrogen and oxygen atoms in total. The highest BCUT2D eigenvalue weighted by Gasteiger charge is 2.66. The standard InChI is InChI=1S/C33H39FN4O5Si/c1-21-30(44(3,4)34)28(19-29(40)38(16-17-39)20-22-8-6-5-7-9-22)43-33(21)26-18-25(14-15-27(26)37(2)32(33)42)36-31(41)23-10-12-24(35)13-11-23/h5-15,18,21,28,30,39H,16-17,19-20,35H2,1-4H3,(H,36,41)/t21-,28+,30-,33+/m0/s1. The Morgan fingerprint density at radius 2 is 1.80 bits per heavy atom. The van der Waals surface area contributed by atoms with Crippen LogP contribution < -0.4 is 16.0 Å². The first kappa shape index (κ1) is 31.4. The number of aliphatic hydroxyl groups excluding tert-OH is 1. The van der Waals surface area contributed by atoms with E-state index in [1.54, 1.807) is 67.5 Å². The largest absolute Gasteiger partial charge is 0.399 e. The first-order chi connectivity index (χ1) is 20.9. The van der Waals surface area contributed by atoms with Crippen LogP contribution in [0.1, 0.15) is 34.8 Å². The smallest absolute Gasteiger partial charge is 0.264 e. The fourth-order valence-corrected chi connectivity index (χ4v) is 9.28. The number of nitrogen functional groups attached to an aromatic ring is 1. The molecular weight excluding hydrogens is 579 g/mol. The lowest BCUT2D eigenvalue weighted by Gasteiger charge is -2.31. The minimum atomic E-state index is -3.50. The van der Waals surface area contributed by atoms with Gasteiger partial charge in [0, 0.05) is 54.1 Å². The first-order valence-corrected chi connectivity index (χ1v) is 17.7. The molecule has 2 aliphatic rings. The Morgan fingerprint density at radius 1 is 1.11 bits per heavy atom. The van der Waals surface area contributed by atoms with Crippen molar-refractivity contribution in [3.8, 4) is 0 Å². The molecule has 1 saturated heterocycles. The number of aliphatic hydroxyl groups is 1. The van der Waals surface area contributed by atoms with Crippen molar-refractivity contribution >= 4 is 43.2 Å². The molecule has 0 aromatic heterocycles. The molecular formula is C33H39FN4O5Si. The summed E-state index contributed by atoms with van der Waals surface area (Å²) in [6.45, 7) is 5.16. The first-order valence-electron chi connectivity index (χ1n) is 14.8. The number of hydrogen-bond donors (Lipinski definition) is 3. The molecule has 0 bridgehead atoms. The van der Waals surface area contributed by atoms with Gasteiger partial charge >= 0.3 is 0 Å². The second kappa shape index (κ2) is 12.1. The normalized spacial score (nSPS) is 22.7. The molecule has 0 unspecified atom stereocenters. The van der Waals surface area contributed by atoms with Gasteiger partial charge in [0.25, 0.3) is 11.8 Å². The molecule has 5 rings (SSSR count). The van der Waals surface area contributed by atoms with Crippen molar-refractivity contribution in [2.75, 3.05) is 36.1 Å². The Bertz CT molecular complexity index is 1550. The fourth-order valence-electron chi connectivity index (χ4n) is 6.79. The second-order valence-corrected chi connectivity index (χ2v) is 16.0. The number of benzene rings is 3. The van der Waals surface area contributed by atoms with E-state index in [1.807, 2.05) is 37.3 Å². The van der Waals surface area contributed by atoms with Gasteiger partial charge in [0.15, 0.2) is 5.60 Å². The minimum absolute atomic E-state index is 0.115. The average Bonchev–Trinajstić information content (AvgIpc) is 3.39. The quantitative estimate of drug-likeness (QED) is 0.182. The molecule has 2 heterocycles. The van der Waals surface area contributed by atoms with Crippen molar-refractivity contribution in [1.29, 1.82) is 0 Å². The highest BCUT2D eigenvalue weighted by Crippen LogP contribution is 2.60. The van der Waals surface area contributed by atoms with Crippen LogP contribution in [0, 0.1) is 5.92 Å². The molecule has 1 fully saturated rings. The summed E-state index contributed by atoms with van der Waals surface area (Å²) >= 11 is 0. The zero-order valence-corrected chi connectivity index (χ0v) is 26.4. The molecule has 1 spiro atoms. The van der Waals surface area contributed by atoms with Gasteiger partial charge in [0.05, 0.1) is 24.8 Å².